The van der Waals surface area contributed by atoms with E-state index in [1.807, 2.05) is 11.3 Å². The Balaban J connectivity index is 1.03. The average molecular weight is 743 g/mol. The molecule has 12 aromatic rings. The van der Waals surface area contributed by atoms with Gasteiger partial charge in [0.2, 0.25) is 0 Å². The van der Waals surface area contributed by atoms with E-state index < -0.39 is 0 Å². The Hall–Kier alpha value is -7.20. The van der Waals surface area contributed by atoms with Crippen LogP contribution in [0.15, 0.2) is 206 Å². The summed E-state index contributed by atoms with van der Waals surface area (Å²) < 4.78 is 7.53. The summed E-state index contributed by atoms with van der Waals surface area (Å²) in [5.74, 6) is 0. The first-order valence-electron chi connectivity index (χ1n) is 19.5. The molecule has 0 aliphatic carbocycles. The third-order valence-electron chi connectivity index (χ3n) is 11.7. The zero-order valence-corrected chi connectivity index (χ0v) is 31.7. The van der Waals surface area contributed by atoms with E-state index in [2.05, 4.69) is 215 Å². The number of hydrogen-bond donors (Lipinski definition) is 0. The summed E-state index contributed by atoms with van der Waals surface area (Å²) in [6, 6.07) is 75.7. The van der Waals surface area contributed by atoms with Gasteiger partial charge in [-0.2, -0.15) is 0 Å². The fourth-order valence-corrected chi connectivity index (χ4v) is 10.2. The Morgan fingerprint density at radius 3 is 1.60 bits per heavy atom. The van der Waals surface area contributed by atoms with Crippen LogP contribution in [0.1, 0.15) is 0 Å². The number of hydrogen-bond acceptors (Lipinski definition) is 1. The van der Waals surface area contributed by atoms with Gasteiger partial charge < -0.3 is 9.13 Å². The van der Waals surface area contributed by atoms with Crippen molar-refractivity contribution in [2.45, 2.75) is 0 Å². The van der Waals surface area contributed by atoms with Crippen molar-refractivity contribution < 1.29 is 0 Å². The Bertz CT molecular complexity index is 3490. The van der Waals surface area contributed by atoms with Crippen LogP contribution in [0.2, 0.25) is 0 Å². The van der Waals surface area contributed by atoms with Crippen LogP contribution < -0.4 is 0 Å². The van der Waals surface area contributed by atoms with Gasteiger partial charge in [0, 0.05) is 58.7 Å². The third kappa shape index (κ3) is 5.03. The monoisotopic (exact) mass is 742 g/mol. The quantitative estimate of drug-likeness (QED) is 0.166. The highest BCUT2D eigenvalue weighted by Gasteiger charge is 2.19. The van der Waals surface area contributed by atoms with Crippen LogP contribution in [0.4, 0.5) is 0 Å². The highest BCUT2D eigenvalue weighted by molar-refractivity contribution is 7.25. The molecule has 12 rings (SSSR count). The SMILES string of the molecule is c1ccc(-c2ccc(-n3c4ccc(-c5ccc6c(c5)c5ccccc5n6-c5ccc6c(c5)sc5ccccc56)cc4c4cccc(-c5ccccc5)c43)cc2)cc1. The smallest absolute Gasteiger partial charge is 0.0619 e. The number of para-hydroxylation sites is 2. The second-order valence-electron chi connectivity index (χ2n) is 14.9. The molecule has 2 nitrogen and oxygen atoms in total. The van der Waals surface area contributed by atoms with Gasteiger partial charge in [-0.3, -0.25) is 0 Å². The topological polar surface area (TPSA) is 9.86 Å². The second kappa shape index (κ2) is 12.7. The van der Waals surface area contributed by atoms with E-state index in [-0.39, 0.29) is 0 Å². The molecular formula is C54H34N2S. The molecule has 0 fully saturated rings. The third-order valence-corrected chi connectivity index (χ3v) is 12.9. The van der Waals surface area contributed by atoms with Crippen molar-refractivity contribution in [3.05, 3.63) is 206 Å². The average Bonchev–Trinajstić information content (AvgIpc) is 3.94. The molecule has 9 aromatic carbocycles. The number of nitrogens with zero attached hydrogens (tertiary/aromatic N) is 2. The molecule has 0 spiro atoms. The maximum Gasteiger partial charge on any atom is 0.0619 e. The lowest BCUT2D eigenvalue weighted by Crippen LogP contribution is -1.95. The minimum absolute atomic E-state index is 1.15. The molecule has 0 saturated heterocycles. The summed E-state index contributed by atoms with van der Waals surface area (Å²) in [6.45, 7) is 0. The standard InChI is InChI=1S/C54H34N2S/c1-3-12-35(13-4-1)36-22-26-40(27-23-36)56-51-31-25-39(33-48(51)46-19-11-18-42(54(46)56)37-14-5-2-6-15-37)38-24-30-50-47(32-38)43-16-7-9-20-49(43)55(50)41-28-29-45-44-17-8-10-21-52(44)57-53(45)34-41/h1-34H. The van der Waals surface area contributed by atoms with E-state index in [0.29, 0.717) is 0 Å². The lowest BCUT2D eigenvalue weighted by molar-refractivity contribution is 1.18. The predicted molar refractivity (Wildman–Crippen MR) is 244 cm³/mol. The van der Waals surface area contributed by atoms with Crippen molar-refractivity contribution >= 4 is 75.1 Å². The van der Waals surface area contributed by atoms with E-state index in [1.165, 1.54) is 103 Å². The van der Waals surface area contributed by atoms with Crippen LogP contribution in [0.5, 0.6) is 0 Å². The van der Waals surface area contributed by atoms with Crippen molar-refractivity contribution in [3.8, 4) is 44.8 Å². The summed E-state index contributed by atoms with van der Waals surface area (Å²) in [4.78, 5) is 0. The zero-order valence-electron chi connectivity index (χ0n) is 30.9. The molecule has 0 N–H and O–H groups in total. The molecular weight excluding hydrogens is 709 g/mol. The van der Waals surface area contributed by atoms with Crippen LogP contribution >= 0.6 is 11.3 Å². The van der Waals surface area contributed by atoms with Crippen molar-refractivity contribution in [1.82, 2.24) is 9.13 Å². The lowest BCUT2D eigenvalue weighted by Gasteiger charge is -2.13. The molecule has 57 heavy (non-hydrogen) atoms. The first kappa shape index (κ1) is 32.1. The van der Waals surface area contributed by atoms with Crippen LogP contribution in [0.25, 0.3) is 109 Å². The van der Waals surface area contributed by atoms with Gasteiger partial charge in [-0.25, -0.2) is 0 Å². The summed E-state index contributed by atoms with van der Waals surface area (Å²) in [5.41, 5.74) is 14.5. The highest BCUT2D eigenvalue weighted by Crippen LogP contribution is 2.42. The van der Waals surface area contributed by atoms with Crippen LogP contribution in [-0.2, 0) is 0 Å². The number of aromatic nitrogens is 2. The molecule has 3 heterocycles. The minimum Gasteiger partial charge on any atom is -0.309 e. The van der Waals surface area contributed by atoms with E-state index >= 15 is 0 Å². The van der Waals surface area contributed by atoms with Crippen LogP contribution in [0, 0.1) is 0 Å². The molecule has 0 saturated carbocycles. The molecule has 0 aliphatic heterocycles. The van der Waals surface area contributed by atoms with E-state index in [4.69, 9.17) is 0 Å². The first-order valence-corrected chi connectivity index (χ1v) is 20.3. The summed E-state index contributed by atoms with van der Waals surface area (Å²) in [7, 11) is 0. The molecule has 0 bridgehead atoms. The Kier molecular flexibility index (Phi) is 7.13. The van der Waals surface area contributed by atoms with Gasteiger partial charge in [-0.1, -0.05) is 146 Å². The van der Waals surface area contributed by atoms with Gasteiger partial charge in [0.1, 0.15) is 0 Å². The van der Waals surface area contributed by atoms with Crippen LogP contribution in [0.3, 0.4) is 0 Å². The maximum absolute atomic E-state index is 2.45. The Morgan fingerprint density at radius 1 is 0.281 bits per heavy atom. The van der Waals surface area contributed by atoms with Crippen molar-refractivity contribution in [1.29, 1.82) is 0 Å². The fourth-order valence-electron chi connectivity index (χ4n) is 9.09. The number of rotatable bonds is 5. The molecule has 0 aliphatic rings. The minimum atomic E-state index is 1.15. The zero-order chi connectivity index (χ0) is 37.5. The number of fused-ring (bicyclic) bond motifs is 9. The van der Waals surface area contributed by atoms with Crippen molar-refractivity contribution in [2.24, 2.45) is 0 Å². The maximum atomic E-state index is 2.45. The van der Waals surface area contributed by atoms with Gasteiger partial charge in [-0.05, 0) is 88.5 Å². The summed E-state index contributed by atoms with van der Waals surface area (Å²) in [6.07, 6.45) is 0. The van der Waals surface area contributed by atoms with Gasteiger partial charge in [0.15, 0.2) is 0 Å². The highest BCUT2D eigenvalue weighted by atomic mass is 32.1. The van der Waals surface area contributed by atoms with Crippen molar-refractivity contribution in [3.63, 3.8) is 0 Å². The molecule has 266 valence electrons. The fraction of sp³-hybridized carbons (Fsp3) is 0. The van der Waals surface area contributed by atoms with Gasteiger partial charge in [-0.15, -0.1) is 11.3 Å². The number of benzene rings is 9. The Labute approximate surface area is 333 Å². The van der Waals surface area contributed by atoms with E-state index in [9.17, 15) is 0 Å². The predicted octanol–water partition coefficient (Wildman–Crippen LogP) is 15.2. The molecule has 3 aromatic heterocycles. The Morgan fingerprint density at radius 2 is 0.825 bits per heavy atom. The van der Waals surface area contributed by atoms with Gasteiger partial charge >= 0.3 is 0 Å². The second-order valence-corrected chi connectivity index (χ2v) is 16.0. The summed E-state index contributed by atoms with van der Waals surface area (Å²) >= 11 is 1.87. The molecule has 0 amide bonds. The van der Waals surface area contributed by atoms with Crippen molar-refractivity contribution in [2.75, 3.05) is 0 Å². The molecule has 0 radical (unpaired) electrons. The largest absolute Gasteiger partial charge is 0.309 e. The van der Waals surface area contributed by atoms with Gasteiger partial charge in [0.25, 0.3) is 0 Å². The first-order chi connectivity index (χ1) is 28.3. The molecule has 0 atom stereocenters. The van der Waals surface area contributed by atoms with Gasteiger partial charge in [0.05, 0.1) is 22.1 Å². The molecule has 0 unspecified atom stereocenters. The van der Waals surface area contributed by atoms with Crippen LogP contribution in [-0.4, -0.2) is 9.13 Å². The normalized spacial score (nSPS) is 11.9. The molecule has 3 heteroatoms. The van der Waals surface area contributed by atoms with E-state index in [1.54, 1.807) is 0 Å². The summed E-state index contributed by atoms with van der Waals surface area (Å²) in [5, 5.41) is 7.65. The number of thiophene rings is 1. The lowest BCUT2D eigenvalue weighted by atomic mass is 9.99. The van der Waals surface area contributed by atoms with E-state index in [0.717, 1.165) is 5.69 Å².